The average Bonchev–Trinajstić information content (AvgIpc) is 2.38. The lowest BCUT2D eigenvalue weighted by atomic mass is 10.3. The quantitative estimate of drug-likeness (QED) is 0.321. The molecular formula is C10H14N4O3. The van der Waals surface area contributed by atoms with E-state index >= 15 is 0 Å². The van der Waals surface area contributed by atoms with Crippen LogP contribution in [0.2, 0.25) is 0 Å². The van der Waals surface area contributed by atoms with Gasteiger partial charge < -0.3 is 14.9 Å². The fourth-order valence-electron chi connectivity index (χ4n) is 1.23. The van der Waals surface area contributed by atoms with Crippen molar-refractivity contribution in [3.05, 3.63) is 34.0 Å². The molecule has 0 amide bonds. The smallest absolute Gasteiger partial charge is 0.123 e. The summed E-state index contributed by atoms with van der Waals surface area (Å²) in [6.45, 7) is 0.367. The van der Waals surface area contributed by atoms with Gasteiger partial charge in [0.15, 0.2) is 0 Å². The van der Waals surface area contributed by atoms with Crippen molar-refractivity contribution < 1.29 is 14.9 Å². The third-order valence-electron chi connectivity index (χ3n) is 1.96. The number of nitrogens with zero attached hydrogens (tertiary/aromatic N) is 4. The van der Waals surface area contributed by atoms with E-state index in [2.05, 4.69) is 15.0 Å². The molecule has 0 spiro atoms. The Hall–Kier alpha value is -1.82. The van der Waals surface area contributed by atoms with Crippen LogP contribution in [-0.4, -0.2) is 28.3 Å². The maximum atomic E-state index is 8.97. The lowest BCUT2D eigenvalue weighted by Gasteiger charge is -2.08. The predicted molar refractivity (Wildman–Crippen MR) is 60.2 cm³/mol. The normalized spacial score (nSPS) is 9.76. The predicted octanol–water partition coefficient (Wildman–Crippen LogP) is 1.15. The van der Waals surface area contributed by atoms with Crippen molar-refractivity contribution in [2.45, 2.75) is 19.6 Å². The fraction of sp³-hybridized carbons (Fsp3) is 0.500. The van der Waals surface area contributed by atoms with Gasteiger partial charge in [0, 0.05) is 23.6 Å². The van der Waals surface area contributed by atoms with Crippen molar-refractivity contribution in [3.63, 3.8) is 0 Å². The first-order chi connectivity index (χ1) is 8.30. The second-order valence-corrected chi connectivity index (χ2v) is 3.26. The van der Waals surface area contributed by atoms with Crippen LogP contribution in [-0.2, 0) is 13.2 Å². The Morgan fingerprint density at radius 1 is 1.29 bits per heavy atom. The summed E-state index contributed by atoms with van der Waals surface area (Å²) in [6.07, 6.45) is 0.606. The molecule has 7 nitrogen and oxygen atoms in total. The van der Waals surface area contributed by atoms with Crippen LogP contribution >= 0.6 is 0 Å². The van der Waals surface area contributed by atoms with Crippen LogP contribution in [0, 0.1) is 0 Å². The Kier molecular flexibility index (Phi) is 5.81. The van der Waals surface area contributed by atoms with Gasteiger partial charge in [0.25, 0.3) is 0 Å². The van der Waals surface area contributed by atoms with E-state index in [9.17, 15) is 0 Å². The minimum absolute atomic E-state index is 0.205. The van der Waals surface area contributed by atoms with E-state index in [1.54, 1.807) is 12.1 Å². The molecule has 0 fully saturated rings. The van der Waals surface area contributed by atoms with Crippen LogP contribution in [0.3, 0.4) is 0 Å². The van der Waals surface area contributed by atoms with Gasteiger partial charge in [-0.15, -0.1) is 0 Å². The zero-order chi connectivity index (χ0) is 12.5. The van der Waals surface area contributed by atoms with E-state index in [0.29, 0.717) is 36.7 Å². The molecule has 7 heteroatoms. The molecule has 1 heterocycles. The van der Waals surface area contributed by atoms with E-state index in [1.807, 2.05) is 0 Å². The standard InChI is InChI=1S/C10H14N4O3/c11-14-12-2-1-3-17-10-4-8(6-15)13-9(5-10)7-16/h4-5,15-16H,1-3,6-7H2. The average molecular weight is 238 g/mol. The largest absolute Gasteiger partial charge is 0.493 e. The lowest BCUT2D eigenvalue weighted by molar-refractivity contribution is 0.261. The Bertz CT molecular complexity index is 382. The molecule has 0 aromatic carbocycles. The van der Waals surface area contributed by atoms with Crippen LogP contribution < -0.4 is 4.74 Å². The first-order valence-electron chi connectivity index (χ1n) is 5.15. The highest BCUT2D eigenvalue weighted by Gasteiger charge is 2.02. The number of azide groups is 1. The van der Waals surface area contributed by atoms with Crippen molar-refractivity contribution >= 4 is 0 Å². The number of aromatic nitrogens is 1. The summed E-state index contributed by atoms with van der Waals surface area (Å²) < 4.78 is 5.39. The molecule has 92 valence electrons. The second kappa shape index (κ2) is 7.45. The van der Waals surface area contributed by atoms with Crippen LogP contribution in [0.5, 0.6) is 5.75 Å². The van der Waals surface area contributed by atoms with Gasteiger partial charge in [-0.1, -0.05) is 5.11 Å². The number of pyridine rings is 1. The van der Waals surface area contributed by atoms with E-state index in [1.165, 1.54) is 0 Å². The van der Waals surface area contributed by atoms with Crippen molar-refractivity contribution in [3.8, 4) is 5.75 Å². The van der Waals surface area contributed by atoms with Crippen LogP contribution in [0.15, 0.2) is 17.2 Å². The molecule has 0 bridgehead atoms. The first kappa shape index (κ1) is 13.2. The van der Waals surface area contributed by atoms with Crippen LogP contribution in [0.25, 0.3) is 10.4 Å². The van der Waals surface area contributed by atoms with Gasteiger partial charge in [-0.2, -0.15) is 0 Å². The van der Waals surface area contributed by atoms with E-state index in [-0.39, 0.29) is 13.2 Å². The summed E-state index contributed by atoms with van der Waals surface area (Å²) in [6, 6.07) is 3.21. The highest BCUT2D eigenvalue weighted by molar-refractivity contribution is 5.26. The number of hydrogen-bond donors (Lipinski definition) is 2. The second-order valence-electron chi connectivity index (χ2n) is 3.26. The minimum Gasteiger partial charge on any atom is -0.493 e. The molecule has 0 saturated heterocycles. The van der Waals surface area contributed by atoms with Crippen LogP contribution in [0.4, 0.5) is 0 Å². The Labute approximate surface area is 98.3 Å². The molecule has 1 aromatic rings. The summed E-state index contributed by atoms with van der Waals surface area (Å²) in [7, 11) is 0. The van der Waals surface area contributed by atoms with E-state index < -0.39 is 0 Å². The number of ether oxygens (including phenoxy) is 1. The van der Waals surface area contributed by atoms with Gasteiger partial charge in [0.05, 0.1) is 31.2 Å². The zero-order valence-electron chi connectivity index (χ0n) is 9.28. The molecule has 2 N–H and O–H groups in total. The number of aliphatic hydroxyl groups excluding tert-OH is 2. The molecule has 0 aliphatic heterocycles. The minimum atomic E-state index is -0.205. The zero-order valence-corrected chi connectivity index (χ0v) is 9.28. The molecular weight excluding hydrogens is 224 g/mol. The van der Waals surface area contributed by atoms with Crippen molar-refractivity contribution in [1.29, 1.82) is 0 Å². The maximum absolute atomic E-state index is 8.97. The Balaban J connectivity index is 2.54. The Morgan fingerprint density at radius 3 is 2.47 bits per heavy atom. The third kappa shape index (κ3) is 4.69. The SMILES string of the molecule is [N-]=[N+]=NCCCOc1cc(CO)nc(CO)c1. The molecule has 0 unspecified atom stereocenters. The molecule has 0 saturated carbocycles. The summed E-state index contributed by atoms with van der Waals surface area (Å²) in [5, 5.41) is 21.3. The first-order valence-corrected chi connectivity index (χ1v) is 5.15. The molecule has 0 aliphatic rings. The molecule has 1 aromatic heterocycles. The van der Waals surface area contributed by atoms with Crippen molar-refractivity contribution in [2.75, 3.05) is 13.2 Å². The Morgan fingerprint density at radius 2 is 1.94 bits per heavy atom. The third-order valence-corrected chi connectivity index (χ3v) is 1.96. The van der Waals surface area contributed by atoms with Gasteiger partial charge in [-0.05, 0) is 12.0 Å². The number of rotatable bonds is 7. The van der Waals surface area contributed by atoms with Crippen molar-refractivity contribution in [2.24, 2.45) is 5.11 Å². The van der Waals surface area contributed by atoms with Crippen molar-refractivity contribution in [1.82, 2.24) is 4.98 Å². The monoisotopic (exact) mass is 238 g/mol. The van der Waals surface area contributed by atoms with Gasteiger partial charge >= 0.3 is 0 Å². The number of aliphatic hydroxyl groups is 2. The van der Waals surface area contributed by atoms with E-state index in [4.69, 9.17) is 20.5 Å². The molecule has 17 heavy (non-hydrogen) atoms. The number of hydrogen-bond acceptors (Lipinski definition) is 5. The van der Waals surface area contributed by atoms with Gasteiger partial charge in [0.1, 0.15) is 5.75 Å². The molecule has 0 radical (unpaired) electrons. The summed E-state index contributed by atoms with van der Waals surface area (Å²) in [5.74, 6) is 0.536. The van der Waals surface area contributed by atoms with Gasteiger partial charge in [-0.3, -0.25) is 4.98 Å². The highest BCUT2D eigenvalue weighted by atomic mass is 16.5. The summed E-state index contributed by atoms with van der Waals surface area (Å²) in [5.41, 5.74) is 8.96. The maximum Gasteiger partial charge on any atom is 0.123 e. The summed E-state index contributed by atoms with van der Waals surface area (Å²) >= 11 is 0. The van der Waals surface area contributed by atoms with Gasteiger partial charge in [-0.25, -0.2) is 0 Å². The van der Waals surface area contributed by atoms with Gasteiger partial charge in [0.2, 0.25) is 0 Å². The molecule has 0 atom stereocenters. The molecule has 1 rings (SSSR count). The highest BCUT2D eigenvalue weighted by Crippen LogP contribution is 2.15. The van der Waals surface area contributed by atoms with Crippen LogP contribution in [0.1, 0.15) is 17.8 Å². The topological polar surface area (TPSA) is 111 Å². The lowest BCUT2D eigenvalue weighted by Crippen LogP contribution is -2.02. The fourth-order valence-corrected chi connectivity index (χ4v) is 1.23. The molecule has 0 aliphatic carbocycles. The summed E-state index contributed by atoms with van der Waals surface area (Å²) in [4.78, 5) is 6.61. The van der Waals surface area contributed by atoms with E-state index in [0.717, 1.165) is 0 Å².